The van der Waals surface area contributed by atoms with Crippen molar-refractivity contribution in [3.05, 3.63) is 29.7 Å². The Kier molecular flexibility index (Phi) is 6.07. The molecular formula is C23H31N7O2. The van der Waals surface area contributed by atoms with Crippen molar-refractivity contribution in [2.75, 3.05) is 53.7 Å². The molecule has 1 aliphatic carbocycles. The number of carbonyl (C=O) groups is 1. The maximum Gasteiger partial charge on any atom is 0.244 e. The van der Waals surface area contributed by atoms with Gasteiger partial charge in [0.1, 0.15) is 17.3 Å². The first-order valence-corrected chi connectivity index (χ1v) is 11.6. The molecule has 170 valence electrons. The molecule has 0 atom stereocenters. The number of aryl methyl sites for hydroxylation is 1. The summed E-state index contributed by atoms with van der Waals surface area (Å²) in [6.45, 7) is 3.88. The van der Waals surface area contributed by atoms with Crippen LogP contribution in [0, 0.1) is 5.92 Å². The first-order valence-electron chi connectivity index (χ1n) is 11.6. The van der Waals surface area contributed by atoms with Gasteiger partial charge in [0.25, 0.3) is 0 Å². The van der Waals surface area contributed by atoms with Gasteiger partial charge in [-0.25, -0.2) is 15.0 Å². The van der Waals surface area contributed by atoms with Crippen LogP contribution in [0.15, 0.2) is 18.3 Å². The highest BCUT2D eigenvalue weighted by Crippen LogP contribution is 2.34. The Labute approximate surface area is 188 Å². The third-order valence-corrected chi connectivity index (χ3v) is 6.63. The van der Waals surface area contributed by atoms with E-state index in [1.807, 2.05) is 17.2 Å². The summed E-state index contributed by atoms with van der Waals surface area (Å²) in [5.74, 6) is 3.42. The molecule has 32 heavy (non-hydrogen) atoms. The molecule has 0 spiro atoms. The smallest absolute Gasteiger partial charge is 0.244 e. The number of hydrogen-bond acceptors (Lipinski definition) is 8. The normalized spacial score (nSPS) is 19.2. The summed E-state index contributed by atoms with van der Waals surface area (Å²) in [5.41, 5.74) is 7.84. The van der Waals surface area contributed by atoms with Crippen molar-refractivity contribution in [1.82, 2.24) is 15.0 Å². The minimum Gasteiger partial charge on any atom is -0.382 e. The van der Waals surface area contributed by atoms with Crippen molar-refractivity contribution in [2.24, 2.45) is 5.92 Å². The highest BCUT2D eigenvalue weighted by molar-refractivity contribution is 6.03. The Morgan fingerprint density at radius 3 is 2.81 bits per heavy atom. The number of nitrogens with two attached hydrogens (primary N) is 1. The summed E-state index contributed by atoms with van der Waals surface area (Å²) in [6.07, 6.45) is 9.00. The topological polar surface area (TPSA) is 110 Å². The second-order valence-electron chi connectivity index (χ2n) is 8.94. The van der Waals surface area contributed by atoms with E-state index in [1.54, 1.807) is 0 Å². The van der Waals surface area contributed by atoms with Crippen LogP contribution in [-0.4, -0.2) is 53.7 Å². The van der Waals surface area contributed by atoms with E-state index in [9.17, 15) is 4.79 Å². The largest absolute Gasteiger partial charge is 0.382 e. The number of aromatic nitrogens is 3. The highest BCUT2D eigenvalue weighted by Gasteiger charge is 2.27. The van der Waals surface area contributed by atoms with E-state index in [0.717, 1.165) is 49.1 Å². The fraction of sp³-hybridized carbons (Fsp3) is 0.565. The zero-order valence-electron chi connectivity index (χ0n) is 18.4. The Morgan fingerprint density at radius 1 is 1.19 bits per heavy atom. The Bertz CT molecular complexity index is 971. The molecule has 3 N–H and O–H groups in total. The molecule has 4 heterocycles. The molecule has 0 aromatic carbocycles. The number of hydrogen-bond donors (Lipinski definition) is 2. The monoisotopic (exact) mass is 437 g/mol. The zero-order chi connectivity index (χ0) is 21.9. The Hall–Kier alpha value is -2.94. The minimum atomic E-state index is -0.103. The number of rotatable bonds is 6. The van der Waals surface area contributed by atoms with Crippen molar-refractivity contribution in [3.63, 3.8) is 0 Å². The number of ether oxygens (including phenoxy) is 1. The number of anilines is 4. The maximum atomic E-state index is 12.4. The van der Waals surface area contributed by atoms with E-state index in [4.69, 9.17) is 15.5 Å². The van der Waals surface area contributed by atoms with E-state index in [1.165, 1.54) is 25.7 Å². The minimum absolute atomic E-state index is 0.103. The van der Waals surface area contributed by atoms with Crippen LogP contribution >= 0.6 is 0 Å². The number of carbonyl (C=O) groups excluding carboxylic acids is 1. The maximum absolute atomic E-state index is 12.4. The molecule has 2 aromatic rings. The van der Waals surface area contributed by atoms with Gasteiger partial charge in [0, 0.05) is 32.3 Å². The van der Waals surface area contributed by atoms with Crippen molar-refractivity contribution < 1.29 is 9.53 Å². The molecule has 1 saturated carbocycles. The number of morpholine rings is 1. The SMILES string of the molecule is Nc1nc(CCC2CCCC2)nc2c1NC(=O)CN2Cc1ccnc(N2CCOCC2)c1. The molecule has 2 aromatic heterocycles. The molecular weight excluding hydrogens is 406 g/mol. The van der Waals surface area contributed by atoms with E-state index in [0.29, 0.717) is 37.1 Å². The molecule has 0 radical (unpaired) electrons. The Morgan fingerprint density at radius 2 is 2.00 bits per heavy atom. The lowest BCUT2D eigenvalue weighted by atomic mass is 10.0. The summed E-state index contributed by atoms with van der Waals surface area (Å²) in [4.78, 5) is 30.5. The number of nitrogens with one attached hydrogen (secondary N) is 1. The van der Waals surface area contributed by atoms with Crippen LogP contribution < -0.4 is 20.9 Å². The molecule has 1 saturated heterocycles. The average molecular weight is 438 g/mol. The van der Waals surface area contributed by atoms with Crippen LogP contribution in [0.3, 0.4) is 0 Å². The molecule has 3 aliphatic rings. The molecule has 2 fully saturated rings. The van der Waals surface area contributed by atoms with E-state index < -0.39 is 0 Å². The van der Waals surface area contributed by atoms with Crippen LogP contribution in [0.4, 0.5) is 23.1 Å². The van der Waals surface area contributed by atoms with Gasteiger partial charge in [-0.1, -0.05) is 25.7 Å². The standard InChI is InChI=1S/C23H31N7O2/c24-22-21-23(27-18(26-22)6-5-16-3-1-2-4-16)30(15-20(31)28-21)14-17-7-8-25-19(13-17)29-9-11-32-12-10-29/h7-8,13,16H,1-6,9-12,14-15H2,(H,28,31)(H2,24,26,27). The molecule has 9 nitrogen and oxygen atoms in total. The summed E-state index contributed by atoms with van der Waals surface area (Å²) in [6, 6.07) is 4.07. The lowest BCUT2D eigenvalue weighted by Gasteiger charge is -2.31. The fourth-order valence-electron chi connectivity index (χ4n) is 4.91. The van der Waals surface area contributed by atoms with Gasteiger partial charge in [0.05, 0.1) is 19.8 Å². The predicted octanol–water partition coefficient (Wildman–Crippen LogP) is 2.37. The van der Waals surface area contributed by atoms with Gasteiger partial charge in [-0.15, -0.1) is 0 Å². The molecule has 9 heteroatoms. The number of amides is 1. The van der Waals surface area contributed by atoms with Crippen molar-refractivity contribution in [2.45, 2.75) is 45.1 Å². The van der Waals surface area contributed by atoms with Gasteiger partial charge in [0.2, 0.25) is 5.91 Å². The van der Waals surface area contributed by atoms with E-state index in [-0.39, 0.29) is 12.5 Å². The van der Waals surface area contributed by atoms with Crippen LogP contribution in [0.25, 0.3) is 0 Å². The first kappa shape index (κ1) is 20.9. The van der Waals surface area contributed by atoms with Gasteiger partial charge in [0.15, 0.2) is 11.6 Å². The summed E-state index contributed by atoms with van der Waals surface area (Å²) >= 11 is 0. The van der Waals surface area contributed by atoms with Gasteiger partial charge >= 0.3 is 0 Å². The van der Waals surface area contributed by atoms with Crippen molar-refractivity contribution >= 4 is 29.0 Å². The zero-order valence-corrected chi connectivity index (χ0v) is 18.4. The number of nitrogens with zero attached hydrogens (tertiary/aromatic N) is 5. The summed E-state index contributed by atoms with van der Waals surface area (Å²) in [5, 5.41) is 2.87. The second-order valence-corrected chi connectivity index (χ2v) is 8.94. The third kappa shape index (κ3) is 4.62. The molecule has 2 aliphatic heterocycles. The molecule has 0 unspecified atom stereocenters. The number of nitrogen functional groups attached to an aromatic ring is 1. The fourth-order valence-corrected chi connectivity index (χ4v) is 4.91. The second kappa shape index (κ2) is 9.28. The van der Waals surface area contributed by atoms with Crippen LogP contribution in [0.1, 0.15) is 43.5 Å². The highest BCUT2D eigenvalue weighted by atomic mass is 16.5. The third-order valence-electron chi connectivity index (χ3n) is 6.63. The van der Waals surface area contributed by atoms with Gasteiger partial charge in [-0.05, 0) is 30.0 Å². The lowest BCUT2D eigenvalue weighted by Crippen LogP contribution is -2.39. The van der Waals surface area contributed by atoms with Gasteiger partial charge < -0.3 is 25.6 Å². The van der Waals surface area contributed by atoms with Crippen LogP contribution in [0.5, 0.6) is 0 Å². The first-order chi connectivity index (χ1) is 15.7. The lowest BCUT2D eigenvalue weighted by molar-refractivity contribution is -0.115. The van der Waals surface area contributed by atoms with E-state index >= 15 is 0 Å². The predicted molar refractivity (Wildman–Crippen MR) is 124 cm³/mol. The van der Waals surface area contributed by atoms with Gasteiger partial charge in [-0.2, -0.15) is 0 Å². The Balaban J connectivity index is 1.36. The van der Waals surface area contributed by atoms with Gasteiger partial charge in [-0.3, -0.25) is 4.79 Å². The van der Waals surface area contributed by atoms with Crippen LogP contribution in [0.2, 0.25) is 0 Å². The number of fused-ring (bicyclic) bond motifs is 1. The molecule has 5 rings (SSSR count). The summed E-state index contributed by atoms with van der Waals surface area (Å²) in [7, 11) is 0. The van der Waals surface area contributed by atoms with Crippen molar-refractivity contribution in [1.29, 1.82) is 0 Å². The van der Waals surface area contributed by atoms with Crippen LogP contribution in [-0.2, 0) is 22.5 Å². The quantitative estimate of drug-likeness (QED) is 0.709. The van der Waals surface area contributed by atoms with E-state index in [2.05, 4.69) is 26.3 Å². The van der Waals surface area contributed by atoms with Crippen molar-refractivity contribution in [3.8, 4) is 0 Å². The number of pyridine rings is 1. The molecule has 1 amide bonds. The summed E-state index contributed by atoms with van der Waals surface area (Å²) < 4.78 is 5.45. The average Bonchev–Trinajstić information content (AvgIpc) is 3.33. The molecule has 0 bridgehead atoms.